The third-order valence-electron chi connectivity index (χ3n) is 4.78. The van der Waals surface area contributed by atoms with Gasteiger partial charge in [0.1, 0.15) is 0 Å². The van der Waals surface area contributed by atoms with Crippen LogP contribution in [0.2, 0.25) is 0 Å². The largest absolute Gasteiger partial charge is 0.454 e. The predicted molar refractivity (Wildman–Crippen MR) is 109 cm³/mol. The maximum absolute atomic E-state index is 12.4. The van der Waals surface area contributed by atoms with Crippen LogP contribution in [-0.2, 0) is 4.79 Å². The van der Waals surface area contributed by atoms with Gasteiger partial charge in [-0.05, 0) is 35.4 Å². The molecular formula is C22H18N2O5. The van der Waals surface area contributed by atoms with Crippen LogP contribution in [0.5, 0.6) is 11.5 Å². The Morgan fingerprint density at radius 1 is 1.14 bits per heavy atom. The van der Waals surface area contributed by atoms with E-state index in [2.05, 4.69) is 5.32 Å². The molecule has 1 atom stereocenters. The van der Waals surface area contributed by atoms with E-state index in [1.807, 2.05) is 49.4 Å². The van der Waals surface area contributed by atoms with Gasteiger partial charge in [0, 0.05) is 6.08 Å². The van der Waals surface area contributed by atoms with Crippen molar-refractivity contribution in [1.82, 2.24) is 5.32 Å². The Bertz CT molecular complexity index is 1130. The van der Waals surface area contributed by atoms with E-state index in [1.165, 1.54) is 24.3 Å². The molecule has 29 heavy (non-hydrogen) atoms. The SMILES string of the molecule is C[C@H](NC(=O)/C=C/c1cc2c(cc1[N+](=O)[O-])OCO2)c1cccc2ccccc12. The number of nitrogens with zero attached hydrogens (tertiary/aromatic N) is 1. The van der Waals surface area contributed by atoms with Gasteiger partial charge in [0.2, 0.25) is 12.7 Å². The van der Waals surface area contributed by atoms with Crippen molar-refractivity contribution in [3.8, 4) is 11.5 Å². The number of amides is 1. The molecule has 0 aliphatic carbocycles. The Hall–Kier alpha value is -3.87. The highest BCUT2D eigenvalue weighted by Gasteiger charge is 2.22. The number of rotatable bonds is 5. The first kappa shape index (κ1) is 18.5. The quantitative estimate of drug-likeness (QED) is 0.397. The van der Waals surface area contributed by atoms with E-state index in [0.29, 0.717) is 11.5 Å². The number of hydrogen-bond acceptors (Lipinski definition) is 5. The average molecular weight is 390 g/mol. The van der Waals surface area contributed by atoms with E-state index < -0.39 is 4.92 Å². The van der Waals surface area contributed by atoms with Crippen molar-refractivity contribution in [2.45, 2.75) is 13.0 Å². The molecule has 1 aliphatic heterocycles. The highest BCUT2D eigenvalue weighted by atomic mass is 16.7. The van der Waals surface area contributed by atoms with Gasteiger partial charge in [-0.3, -0.25) is 14.9 Å². The highest BCUT2D eigenvalue weighted by Crippen LogP contribution is 2.38. The molecule has 0 fully saturated rings. The van der Waals surface area contributed by atoms with Crippen molar-refractivity contribution in [3.63, 3.8) is 0 Å². The van der Waals surface area contributed by atoms with Crippen LogP contribution in [0.4, 0.5) is 5.69 Å². The highest BCUT2D eigenvalue weighted by molar-refractivity contribution is 5.93. The second-order valence-electron chi connectivity index (χ2n) is 6.65. The number of fused-ring (bicyclic) bond motifs is 2. The van der Waals surface area contributed by atoms with Crippen molar-refractivity contribution in [3.05, 3.63) is 81.9 Å². The topological polar surface area (TPSA) is 90.7 Å². The molecule has 4 rings (SSSR count). The normalized spacial score (nSPS) is 13.6. The van der Waals surface area contributed by atoms with Crippen LogP contribution < -0.4 is 14.8 Å². The van der Waals surface area contributed by atoms with Crippen LogP contribution in [0, 0.1) is 10.1 Å². The molecule has 1 aliphatic rings. The number of carbonyl (C=O) groups is 1. The molecule has 1 amide bonds. The van der Waals surface area contributed by atoms with Gasteiger partial charge >= 0.3 is 0 Å². The number of nitro groups is 1. The van der Waals surface area contributed by atoms with E-state index in [1.54, 1.807) is 0 Å². The molecule has 1 N–H and O–H groups in total. The van der Waals surface area contributed by atoms with Crippen LogP contribution in [0.15, 0.2) is 60.7 Å². The van der Waals surface area contributed by atoms with Crippen molar-refractivity contribution >= 4 is 28.4 Å². The van der Waals surface area contributed by atoms with Crippen LogP contribution in [-0.4, -0.2) is 17.6 Å². The van der Waals surface area contributed by atoms with Crippen molar-refractivity contribution in [2.75, 3.05) is 6.79 Å². The van der Waals surface area contributed by atoms with Gasteiger partial charge in [0.15, 0.2) is 11.5 Å². The van der Waals surface area contributed by atoms with Gasteiger partial charge in [0.05, 0.1) is 22.6 Å². The fraction of sp³-hybridized carbons (Fsp3) is 0.136. The molecule has 0 bridgehead atoms. The molecule has 0 saturated heterocycles. The van der Waals surface area contributed by atoms with E-state index in [-0.39, 0.29) is 30.0 Å². The van der Waals surface area contributed by atoms with Gasteiger partial charge in [0.25, 0.3) is 5.69 Å². The Morgan fingerprint density at radius 2 is 1.86 bits per heavy atom. The minimum absolute atomic E-state index is 0.0166. The zero-order valence-electron chi connectivity index (χ0n) is 15.6. The first-order valence-corrected chi connectivity index (χ1v) is 9.07. The minimum atomic E-state index is -0.516. The third kappa shape index (κ3) is 3.75. The number of carbonyl (C=O) groups excluding carboxylic acids is 1. The molecule has 3 aromatic rings. The number of nitrogens with one attached hydrogen (secondary N) is 1. The van der Waals surface area contributed by atoms with Gasteiger partial charge < -0.3 is 14.8 Å². The smallest absolute Gasteiger partial charge is 0.280 e. The Balaban J connectivity index is 1.54. The fourth-order valence-electron chi connectivity index (χ4n) is 3.37. The molecule has 7 heteroatoms. The second kappa shape index (κ2) is 7.63. The Morgan fingerprint density at radius 3 is 2.66 bits per heavy atom. The van der Waals surface area contributed by atoms with Gasteiger partial charge in [-0.1, -0.05) is 42.5 Å². The summed E-state index contributed by atoms with van der Waals surface area (Å²) in [5, 5.41) is 16.4. The number of benzene rings is 3. The van der Waals surface area contributed by atoms with Gasteiger partial charge in [-0.15, -0.1) is 0 Å². The van der Waals surface area contributed by atoms with E-state index in [4.69, 9.17) is 9.47 Å². The summed E-state index contributed by atoms with van der Waals surface area (Å²) in [7, 11) is 0. The summed E-state index contributed by atoms with van der Waals surface area (Å²) in [6.07, 6.45) is 2.69. The van der Waals surface area contributed by atoms with Crippen molar-refractivity contribution < 1.29 is 19.2 Å². The lowest BCUT2D eigenvalue weighted by Gasteiger charge is -2.15. The molecule has 0 unspecified atom stereocenters. The van der Waals surface area contributed by atoms with E-state index >= 15 is 0 Å². The standard InChI is InChI=1S/C22H18N2O5/c1-14(17-8-4-6-15-5-2-3-7-18(15)17)23-22(25)10-9-16-11-20-21(29-13-28-20)12-19(16)24(26)27/h2-12,14H,13H2,1H3,(H,23,25)/b10-9+/t14-/m0/s1. The lowest BCUT2D eigenvalue weighted by Crippen LogP contribution is -2.24. The first-order chi connectivity index (χ1) is 14.0. The third-order valence-corrected chi connectivity index (χ3v) is 4.78. The molecule has 1 heterocycles. The number of ether oxygens (including phenoxy) is 2. The first-order valence-electron chi connectivity index (χ1n) is 9.07. The zero-order valence-corrected chi connectivity index (χ0v) is 15.6. The number of hydrogen-bond donors (Lipinski definition) is 1. The summed E-state index contributed by atoms with van der Waals surface area (Å²) >= 11 is 0. The molecule has 0 radical (unpaired) electrons. The summed E-state index contributed by atoms with van der Waals surface area (Å²) < 4.78 is 10.4. The lowest BCUT2D eigenvalue weighted by molar-refractivity contribution is -0.385. The van der Waals surface area contributed by atoms with Crippen molar-refractivity contribution in [2.24, 2.45) is 0 Å². The molecule has 7 nitrogen and oxygen atoms in total. The minimum Gasteiger partial charge on any atom is -0.454 e. The molecule has 0 aromatic heterocycles. The summed E-state index contributed by atoms with van der Waals surface area (Å²) in [6.45, 7) is 1.92. The summed E-state index contributed by atoms with van der Waals surface area (Å²) in [6, 6.07) is 16.5. The predicted octanol–water partition coefficient (Wildman–Crippen LogP) is 4.37. The monoisotopic (exact) mass is 390 g/mol. The molecule has 0 saturated carbocycles. The molecule has 146 valence electrons. The number of nitro benzene ring substituents is 1. The van der Waals surface area contributed by atoms with Crippen LogP contribution in [0.25, 0.3) is 16.8 Å². The summed E-state index contributed by atoms with van der Waals surface area (Å²) in [5.74, 6) is 0.389. The second-order valence-corrected chi connectivity index (χ2v) is 6.65. The lowest BCUT2D eigenvalue weighted by atomic mass is 10.00. The summed E-state index contributed by atoms with van der Waals surface area (Å²) in [4.78, 5) is 23.2. The Kier molecular flexibility index (Phi) is 4.87. The average Bonchev–Trinajstić information content (AvgIpc) is 3.18. The molecule has 3 aromatic carbocycles. The van der Waals surface area contributed by atoms with Gasteiger partial charge in [-0.2, -0.15) is 0 Å². The van der Waals surface area contributed by atoms with Gasteiger partial charge in [-0.25, -0.2) is 0 Å². The molecule has 0 spiro atoms. The van der Waals surface area contributed by atoms with Crippen LogP contribution in [0.3, 0.4) is 0 Å². The van der Waals surface area contributed by atoms with E-state index in [0.717, 1.165) is 16.3 Å². The van der Waals surface area contributed by atoms with E-state index in [9.17, 15) is 14.9 Å². The van der Waals surface area contributed by atoms with Crippen LogP contribution >= 0.6 is 0 Å². The molecular weight excluding hydrogens is 372 g/mol. The van der Waals surface area contributed by atoms with Crippen LogP contribution in [0.1, 0.15) is 24.1 Å². The maximum Gasteiger partial charge on any atom is 0.280 e. The fourth-order valence-corrected chi connectivity index (χ4v) is 3.37. The van der Waals surface area contributed by atoms with Crippen molar-refractivity contribution in [1.29, 1.82) is 0 Å². The zero-order chi connectivity index (χ0) is 20.4. The maximum atomic E-state index is 12.4. The summed E-state index contributed by atoms with van der Waals surface area (Å²) in [5.41, 5.74) is 1.12. The Labute approximate surface area is 166 Å².